The second-order valence-electron chi connectivity index (χ2n) is 5.04. The van der Waals surface area contributed by atoms with Gasteiger partial charge in [-0.25, -0.2) is 0 Å². The minimum absolute atomic E-state index is 0. The molecular weight excluding hydrogens is 363 g/mol. The second-order valence-corrected chi connectivity index (χ2v) is 5.04. The number of guanidine groups is 1. The number of benzene rings is 1. The zero-order valence-electron chi connectivity index (χ0n) is 12.9. The second kappa shape index (κ2) is 9.99. The van der Waals surface area contributed by atoms with Gasteiger partial charge in [-0.05, 0) is 33.0 Å². The molecule has 114 valence electrons. The Balaban J connectivity index is 0.00000361. The number of aliphatic imine (C=N–C) groups is 1. The van der Waals surface area contributed by atoms with E-state index in [0.717, 1.165) is 13.0 Å². The molecule has 5 heteroatoms. The molecule has 0 aromatic heterocycles. The van der Waals surface area contributed by atoms with Gasteiger partial charge < -0.3 is 16.0 Å². The standard InChI is InChI=1S/C15H26N4.HI/c1-5-10-17-15(16)18-11-14(19(3)4)13-8-6-12(2)7-9-13;/h6-9,14H,5,10-11H2,1-4H3,(H3,16,17,18);1H. The van der Waals surface area contributed by atoms with Crippen LogP contribution in [-0.2, 0) is 0 Å². The summed E-state index contributed by atoms with van der Waals surface area (Å²) in [5, 5.41) is 3.10. The molecule has 0 amide bonds. The Kier molecular flexibility index (Phi) is 9.58. The highest BCUT2D eigenvalue weighted by Gasteiger charge is 2.13. The van der Waals surface area contributed by atoms with Crippen molar-refractivity contribution in [1.82, 2.24) is 10.2 Å². The van der Waals surface area contributed by atoms with Crippen molar-refractivity contribution in [3.63, 3.8) is 0 Å². The molecule has 0 saturated heterocycles. The van der Waals surface area contributed by atoms with Crippen LogP contribution < -0.4 is 11.1 Å². The molecule has 20 heavy (non-hydrogen) atoms. The van der Waals surface area contributed by atoms with E-state index >= 15 is 0 Å². The van der Waals surface area contributed by atoms with Gasteiger partial charge in [-0.2, -0.15) is 0 Å². The molecule has 1 aromatic rings. The number of likely N-dealkylation sites (N-methyl/N-ethyl adjacent to an activating group) is 1. The molecular formula is C15H27IN4. The molecule has 0 heterocycles. The largest absolute Gasteiger partial charge is 0.370 e. The Bertz CT molecular complexity index is 401. The number of hydrogen-bond donors (Lipinski definition) is 2. The van der Waals surface area contributed by atoms with Gasteiger partial charge >= 0.3 is 0 Å². The van der Waals surface area contributed by atoms with Crippen LogP contribution >= 0.6 is 24.0 Å². The van der Waals surface area contributed by atoms with Gasteiger partial charge in [-0.15, -0.1) is 24.0 Å². The summed E-state index contributed by atoms with van der Waals surface area (Å²) in [4.78, 5) is 6.59. The first kappa shape index (κ1) is 19.2. The van der Waals surface area contributed by atoms with Crippen molar-refractivity contribution >= 4 is 29.9 Å². The third-order valence-electron chi connectivity index (χ3n) is 3.08. The van der Waals surface area contributed by atoms with Crippen LogP contribution in [0.3, 0.4) is 0 Å². The molecule has 0 fully saturated rings. The fourth-order valence-corrected chi connectivity index (χ4v) is 1.85. The zero-order valence-corrected chi connectivity index (χ0v) is 15.2. The lowest BCUT2D eigenvalue weighted by Gasteiger charge is -2.23. The molecule has 0 aliphatic carbocycles. The van der Waals surface area contributed by atoms with Gasteiger partial charge in [0.25, 0.3) is 0 Å². The maximum absolute atomic E-state index is 5.83. The van der Waals surface area contributed by atoms with Crippen molar-refractivity contribution in [2.45, 2.75) is 26.3 Å². The van der Waals surface area contributed by atoms with Crippen molar-refractivity contribution in [1.29, 1.82) is 0 Å². The third-order valence-corrected chi connectivity index (χ3v) is 3.08. The molecule has 1 rings (SSSR count). The summed E-state index contributed by atoms with van der Waals surface area (Å²) >= 11 is 0. The van der Waals surface area contributed by atoms with Gasteiger partial charge in [-0.3, -0.25) is 4.99 Å². The predicted octanol–water partition coefficient (Wildman–Crippen LogP) is 2.53. The van der Waals surface area contributed by atoms with E-state index in [0.29, 0.717) is 12.5 Å². The molecule has 1 atom stereocenters. The lowest BCUT2D eigenvalue weighted by atomic mass is 10.0. The molecule has 0 bridgehead atoms. The summed E-state index contributed by atoms with van der Waals surface area (Å²) in [5.74, 6) is 0.529. The molecule has 0 aliphatic heterocycles. The van der Waals surface area contributed by atoms with Gasteiger partial charge in [-0.1, -0.05) is 36.8 Å². The highest BCUT2D eigenvalue weighted by atomic mass is 127. The van der Waals surface area contributed by atoms with E-state index in [2.05, 4.69) is 67.4 Å². The maximum atomic E-state index is 5.83. The molecule has 3 N–H and O–H groups in total. The van der Waals surface area contributed by atoms with E-state index in [-0.39, 0.29) is 30.0 Å². The third kappa shape index (κ3) is 6.56. The minimum atomic E-state index is 0. The van der Waals surface area contributed by atoms with Crippen molar-refractivity contribution in [2.75, 3.05) is 27.2 Å². The van der Waals surface area contributed by atoms with Crippen molar-refractivity contribution in [2.24, 2.45) is 10.7 Å². The Hall–Kier alpha value is -0.820. The smallest absolute Gasteiger partial charge is 0.188 e. The van der Waals surface area contributed by atoms with Gasteiger partial charge in [0.15, 0.2) is 5.96 Å². The van der Waals surface area contributed by atoms with Crippen LogP contribution in [0.25, 0.3) is 0 Å². The van der Waals surface area contributed by atoms with E-state index in [1.54, 1.807) is 0 Å². The van der Waals surface area contributed by atoms with Crippen molar-refractivity contribution in [3.8, 4) is 0 Å². The fourth-order valence-electron chi connectivity index (χ4n) is 1.85. The molecule has 0 spiro atoms. The van der Waals surface area contributed by atoms with Crippen LogP contribution in [0.15, 0.2) is 29.3 Å². The number of hydrogen-bond acceptors (Lipinski definition) is 2. The highest BCUT2D eigenvalue weighted by molar-refractivity contribution is 14.0. The van der Waals surface area contributed by atoms with Crippen LogP contribution in [0, 0.1) is 6.92 Å². The molecule has 0 saturated carbocycles. The van der Waals surface area contributed by atoms with E-state index < -0.39 is 0 Å². The summed E-state index contributed by atoms with van der Waals surface area (Å²) in [6.45, 7) is 5.74. The molecule has 4 nitrogen and oxygen atoms in total. The number of nitrogens with two attached hydrogens (primary N) is 1. The number of rotatable bonds is 6. The van der Waals surface area contributed by atoms with Crippen LogP contribution in [0.2, 0.25) is 0 Å². The Morgan fingerprint density at radius 1 is 1.30 bits per heavy atom. The van der Waals surface area contributed by atoms with E-state index in [1.165, 1.54) is 11.1 Å². The van der Waals surface area contributed by atoms with Crippen LogP contribution in [0.4, 0.5) is 0 Å². The van der Waals surface area contributed by atoms with E-state index in [4.69, 9.17) is 5.73 Å². The number of halogens is 1. The van der Waals surface area contributed by atoms with Crippen LogP contribution in [0.5, 0.6) is 0 Å². The molecule has 1 unspecified atom stereocenters. The highest BCUT2D eigenvalue weighted by Crippen LogP contribution is 2.18. The maximum Gasteiger partial charge on any atom is 0.188 e. The van der Waals surface area contributed by atoms with Crippen molar-refractivity contribution < 1.29 is 0 Å². The van der Waals surface area contributed by atoms with E-state index in [1.807, 2.05) is 0 Å². The summed E-state index contributed by atoms with van der Waals surface area (Å²) in [5.41, 5.74) is 8.37. The van der Waals surface area contributed by atoms with Gasteiger partial charge in [0.05, 0.1) is 12.6 Å². The first-order valence-electron chi connectivity index (χ1n) is 6.81. The van der Waals surface area contributed by atoms with Gasteiger partial charge in [0.2, 0.25) is 0 Å². The topological polar surface area (TPSA) is 53.6 Å². The first-order valence-corrected chi connectivity index (χ1v) is 6.81. The van der Waals surface area contributed by atoms with Crippen LogP contribution in [-0.4, -0.2) is 38.0 Å². The Morgan fingerprint density at radius 2 is 1.90 bits per heavy atom. The lowest BCUT2D eigenvalue weighted by Crippen LogP contribution is -2.33. The molecule has 0 aliphatic rings. The number of nitrogens with zero attached hydrogens (tertiary/aromatic N) is 2. The van der Waals surface area contributed by atoms with E-state index in [9.17, 15) is 0 Å². The molecule has 0 radical (unpaired) electrons. The fraction of sp³-hybridized carbons (Fsp3) is 0.533. The normalized spacial score (nSPS) is 12.9. The van der Waals surface area contributed by atoms with Crippen molar-refractivity contribution in [3.05, 3.63) is 35.4 Å². The lowest BCUT2D eigenvalue weighted by molar-refractivity contribution is 0.306. The average molecular weight is 390 g/mol. The number of nitrogens with one attached hydrogen (secondary N) is 1. The summed E-state index contributed by atoms with van der Waals surface area (Å²) in [7, 11) is 4.13. The molecule has 1 aromatic carbocycles. The monoisotopic (exact) mass is 390 g/mol. The SMILES string of the molecule is CCCNC(N)=NCC(c1ccc(C)cc1)N(C)C.I. The van der Waals surface area contributed by atoms with Gasteiger partial charge in [0, 0.05) is 6.54 Å². The predicted molar refractivity (Wildman–Crippen MR) is 97.8 cm³/mol. The quantitative estimate of drug-likeness (QED) is 0.446. The minimum Gasteiger partial charge on any atom is -0.370 e. The average Bonchev–Trinajstić information content (AvgIpc) is 2.38. The summed E-state index contributed by atoms with van der Waals surface area (Å²) < 4.78 is 0. The summed E-state index contributed by atoms with van der Waals surface area (Å²) in [6, 6.07) is 8.83. The van der Waals surface area contributed by atoms with Gasteiger partial charge in [0.1, 0.15) is 0 Å². The Morgan fingerprint density at radius 3 is 2.40 bits per heavy atom. The Labute approximate surface area is 139 Å². The number of aryl methyl sites for hydroxylation is 1. The first-order chi connectivity index (χ1) is 9.04. The van der Waals surface area contributed by atoms with Crippen LogP contribution in [0.1, 0.15) is 30.5 Å². The summed E-state index contributed by atoms with van der Waals surface area (Å²) in [6.07, 6.45) is 1.05. The zero-order chi connectivity index (χ0) is 14.3.